The van der Waals surface area contributed by atoms with E-state index in [1.54, 1.807) is 6.07 Å². The molecule has 0 aromatic heterocycles. The Kier molecular flexibility index (Phi) is 4.43. The molecule has 5 nitrogen and oxygen atoms in total. The van der Waals surface area contributed by atoms with Crippen molar-refractivity contribution in [2.45, 2.75) is 6.92 Å². The van der Waals surface area contributed by atoms with E-state index in [1.807, 2.05) is 18.2 Å². The second-order valence-corrected chi connectivity index (χ2v) is 3.02. The second-order valence-electron chi connectivity index (χ2n) is 3.02. The monoisotopic (exact) mass is 209 g/mol. The van der Waals surface area contributed by atoms with Gasteiger partial charge in [-0.3, -0.25) is 15.1 Å². The molecule has 5 heteroatoms. The molecule has 4 N–H and O–H groups in total. The van der Waals surface area contributed by atoms with Gasteiger partial charge in [0.15, 0.2) is 0 Å². The van der Waals surface area contributed by atoms with E-state index in [-0.39, 0.29) is 5.91 Å². The van der Waals surface area contributed by atoms with Crippen molar-refractivity contribution in [1.29, 1.82) is 0 Å². The van der Waals surface area contributed by atoms with Crippen molar-refractivity contribution in [2.75, 3.05) is 24.4 Å². The molecule has 1 rings (SSSR count). The Morgan fingerprint density at radius 2 is 2.20 bits per heavy atom. The molecule has 82 valence electrons. The number of nitrogens with one attached hydrogen (secondary N) is 2. The van der Waals surface area contributed by atoms with Gasteiger partial charge in [-0.15, -0.1) is 0 Å². The van der Waals surface area contributed by atoms with E-state index in [0.29, 0.717) is 18.8 Å². The minimum absolute atomic E-state index is 0.0715. The van der Waals surface area contributed by atoms with Crippen LogP contribution in [0.4, 0.5) is 11.4 Å². The highest BCUT2D eigenvalue weighted by molar-refractivity contribution is 5.72. The van der Waals surface area contributed by atoms with Gasteiger partial charge >= 0.3 is 0 Å². The number of carbonyl (C=O) groups is 1. The number of anilines is 2. The molecule has 0 unspecified atom stereocenters. The maximum absolute atomic E-state index is 10.5. The number of para-hydroxylation sites is 2. The normalized spacial score (nSPS) is 9.67. The largest absolute Gasteiger partial charge is 0.397 e. The third-order valence-electron chi connectivity index (χ3n) is 1.72. The Balaban J connectivity index is 2.21. The van der Waals surface area contributed by atoms with Gasteiger partial charge in [0, 0.05) is 13.5 Å². The summed E-state index contributed by atoms with van der Waals surface area (Å²) in [6, 6.07) is 7.29. The highest BCUT2D eigenvalue weighted by Crippen LogP contribution is 2.15. The van der Waals surface area contributed by atoms with Crippen molar-refractivity contribution in [2.24, 2.45) is 0 Å². The molecular formula is C10H15N3O2. The van der Waals surface area contributed by atoms with Gasteiger partial charge in [0.05, 0.1) is 18.0 Å². The molecule has 0 aliphatic rings. The van der Waals surface area contributed by atoms with Crippen LogP contribution in [0.5, 0.6) is 0 Å². The van der Waals surface area contributed by atoms with Crippen LogP contribution < -0.4 is 16.5 Å². The van der Waals surface area contributed by atoms with Crippen LogP contribution in [0.3, 0.4) is 0 Å². The highest BCUT2D eigenvalue weighted by Gasteiger charge is 1.96. The SMILES string of the molecule is CC(=O)NCCONc1ccccc1N. The van der Waals surface area contributed by atoms with Crippen LogP contribution in [0.2, 0.25) is 0 Å². The molecule has 0 heterocycles. The van der Waals surface area contributed by atoms with Crippen molar-refractivity contribution < 1.29 is 9.63 Å². The smallest absolute Gasteiger partial charge is 0.216 e. The summed E-state index contributed by atoms with van der Waals surface area (Å²) in [6.07, 6.45) is 0. The standard InChI is InChI=1S/C10H15N3O2/c1-8(14)12-6-7-15-13-10-5-3-2-4-9(10)11/h2-5,13H,6-7,11H2,1H3,(H,12,14). The van der Waals surface area contributed by atoms with Crippen molar-refractivity contribution in [3.8, 4) is 0 Å². The number of rotatable bonds is 5. The summed E-state index contributed by atoms with van der Waals surface area (Å²) in [4.78, 5) is 15.6. The first-order valence-corrected chi connectivity index (χ1v) is 4.67. The molecule has 0 bridgehead atoms. The Labute approximate surface area is 88.6 Å². The summed E-state index contributed by atoms with van der Waals surface area (Å²) in [5, 5.41) is 2.61. The molecule has 1 aromatic carbocycles. The zero-order valence-corrected chi connectivity index (χ0v) is 8.62. The van der Waals surface area contributed by atoms with E-state index in [1.165, 1.54) is 6.92 Å². The zero-order chi connectivity index (χ0) is 11.1. The van der Waals surface area contributed by atoms with Crippen molar-refractivity contribution in [3.63, 3.8) is 0 Å². The average molecular weight is 209 g/mol. The van der Waals surface area contributed by atoms with Crippen LogP contribution in [-0.2, 0) is 9.63 Å². The number of carbonyl (C=O) groups excluding carboxylic acids is 1. The first-order valence-electron chi connectivity index (χ1n) is 4.67. The summed E-state index contributed by atoms with van der Waals surface area (Å²) < 4.78 is 0. The Hall–Kier alpha value is -1.75. The molecule has 0 aliphatic carbocycles. The highest BCUT2D eigenvalue weighted by atomic mass is 16.6. The van der Waals surface area contributed by atoms with E-state index in [2.05, 4.69) is 10.8 Å². The molecule has 0 saturated heterocycles. The molecule has 0 radical (unpaired) electrons. The number of hydrogen-bond donors (Lipinski definition) is 3. The number of nitrogen functional groups attached to an aromatic ring is 1. The Bertz CT molecular complexity index is 328. The number of hydrogen-bond acceptors (Lipinski definition) is 4. The summed E-state index contributed by atoms with van der Waals surface area (Å²) in [6.45, 7) is 2.31. The summed E-state index contributed by atoms with van der Waals surface area (Å²) in [5.74, 6) is -0.0715. The fraction of sp³-hybridized carbons (Fsp3) is 0.300. The molecule has 1 aromatic rings. The predicted octanol–water partition coefficient (Wildman–Crippen LogP) is 0.748. The lowest BCUT2D eigenvalue weighted by atomic mass is 10.3. The maximum Gasteiger partial charge on any atom is 0.216 e. The van der Waals surface area contributed by atoms with E-state index in [0.717, 1.165) is 5.69 Å². The van der Waals surface area contributed by atoms with Gasteiger partial charge in [0.25, 0.3) is 0 Å². The number of amides is 1. The van der Waals surface area contributed by atoms with Gasteiger partial charge in [-0.2, -0.15) is 0 Å². The molecule has 0 aliphatic heterocycles. The first-order chi connectivity index (χ1) is 7.20. The minimum atomic E-state index is -0.0715. The summed E-state index contributed by atoms with van der Waals surface area (Å²) in [5.41, 5.74) is 9.73. The predicted molar refractivity (Wildman–Crippen MR) is 59.1 cm³/mol. The minimum Gasteiger partial charge on any atom is -0.397 e. The molecule has 0 atom stereocenters. The third-order valence-corrected chi connectivity index (χ3v) is 1.72. The fourth-order valence-corrected chi connectivity index (χ4v) is 0.997. The quantitative estimate of drug-likeness (QED) is 0.380. The van der Waals surface area contributed by atoms with E-state index in [4.69, 9.17) is 10.6 Å². The van der Waals surface area contributed by atoms with Gasteiger partial charge in [0.2, 0.25) is 5.91 Å². The Morgan fingerprint density at radius 3 is 2.87 bits per heavy atom. The van der Waals surface area contributed by atoms with E-state index < -0.39 is 0 Å². The van der Waals surface area contributed by atoms with E-state index >= 15 is 0 Å². The van der Waals surface area contributed by atoms with Crippen molar-refractivity contribution in [3.05, 3.63) is 24.3 Å². The van der Waals surface area contributed by atoms with Crippen molar-refractivity contribution in [1.82, 2.24) is 5.32 Å². The van der Waals surface area contributed by atoms with Crippen LogP contribution in [0, 0.1) is 0 Å². The molecule has 0 fully saturated rings. The van der Waals surface area contributed by atoms with Gasteiger partial charge in [-0.1, -0.05) is 12.1 Å². The number of benzene rings is 1. The maximum atomic E-state index is 10.5. The lowest BCUT2D eigenvalue weighted by Gasteiger charge is -2.09. The topological polar surface area (TPSA) is 76.4 Å². The van der Waals surface area contributed by atoms with E-state index in [9.17, 15) is 4.79 Å². The molecule has 15 heavy (non-hydrogen) atoms. The molecule has 0 spiro atoms. The third kappa shape index (κ3) is 4.33. The fourth-order valence-electron chi connectivity index (χ4n) is 0.997. The lowest BCUT2D eigenvalue weighted by Crippen LogP contribution is -2.25. The second kappa shape index (κ2) is 5.87. The molecule has 0 saturated carbocycles. The zero-order valence-electron chi connectivity index (χ0n) is 8.62. The van der Waals surface area contributed by atoms with Crippen LogP contribution in [-0.4, -0.2) is 19.1 Å². The van der Waals surface area contributed by atoms with Gasteiger partial charge in [0.1, 0.15) is 0 Å². The molecular weight excluding hydrogens is 194 g/mol. The van der Waals surface area contributed by atoms with Gasteiger partial charge in [-0.25, -0.2) is 0 Å². The number of nitrogens with two attached hydrogens (primary N) is 1. The van der Waals surface area contributed by atoms with Crippen LogP contribution >= 0.6 is 0 Å². The Morgan fingerprint density at radius 1 is 1.47 bits per heavy atom. The van der Waals surface area contributed by atoms with Gasteiger partial charge in [-0.05, 0) is 12.1 Å². The van der Waals surface area contributed by atoms with Crippen LogP contribution in [0.25, 0.3) is 0 Å². The van der Waals surface area contributed by atoms with Gasteiger partial charge < -0.3 is 11.1 Å². The van der Waals surface area contributed by atoms with Crippen LogP contribution in [0.15, 0.2) is 24.3 Å². The lowest BCUT2D eigenvalue weighted by molar-refractivity contribution is -0.119. The average Bonchev–Trinajstić information content (AvgIpc) is 2.20. The summed E-state index contributed by atoms with van der Waals surface area (Å²) >= 11 is 0. The van der Waals surface area contributed by atoms with Crippen LogP contribution in [0.1, 0.15) is 6.92 Å². The van der Waals surface area contributed by atoms with Crippen molar-refractivity contribution >= 4 is 17.3 Å². The summed E-state index contributed by atoms with van der Waals surface area (Å²) in [7, 11) is 0. The molecule has 1 amide bonds. The first kappa shape index (κ1) is 11.3.